The molecular formula is C16H19N3O5. The molecule has 0 spiro atoms. The standard InChI is InChI=1S/C16H19N3O5/c1-11-17-14(18-24-11)10-23-13-6-3-5-12(9-13)16(22)19(2)8-4-7-15(20)21/h3,5-6,9H,4,7-8,10H2,1-2H3,(H,20,21). The average Bonchev–Trinajstić information content (AvgIpc) is 2.97. The number of ether oxygens (including phenoxy) is 1. The second kappa shape index (κ2) is 8.09. The lowest BCUT2D eigenvalue weighted by Crippen LogP contribution is -2.28. The number of rotatable bonds is 8. The van der Waals surface area contributed by atoms with E-state index in [1.165, 1.54) is 4.90 Å². The molecule has 0 unspecified atom stereocenters. The van der Waals surface area contributed by atoms with Crippen molar-refractivity contribution in [2.45, 2.75) is 26.4 Å². The zero-order valence-corrected chi connectivity index (χ0v) is 13.6. The first-order chi connectivity index (χ1) is 11.5. The van der Waals surface area contributed by atoms with E-state index in [1.807, 2.05) is 0 Å². The van der Waals surface area contributed by atoms with Crippen molar-refractivity contribution in [2.24, 2.45) is 0 Å². The second-order valence-corrected chi connectivity index (χ2v) is 5.27. The van der Waals surface area contributed by atoms with Gasteiger partial charge in [0.05, 0.1) is 0 Å². The number of amides is 1. The van der Waals surface area contributed by atoms with Crippen LogP contribution in [0.3, 0.4) is 0 Å². The van der Waals surface area contributed by atoms with Crippen LogP contribution in [0, 0.1) is 6.92 Å². The van der Waals surface area contributed by atoms with Gasteiger partial charge < -0.3 is 19.3 Å². The number of hydrogen-bond acceptors (Lipinski definition) is 6. The van der Waals surface area contributed by atoms with Crippen LogP contribution in [0.15, 0.2) is 28.8 Å². The van der Waals surface area contributed by atoms with E-state index in [0.717, 1.165) is 0 Å². The summed E-state index contributed by atoms with van der Waals surface area (Å²) in [4.78, 5) is 28.4. The number of aryl methyl sites for hydroxylation is 1. The summed E-state index contributed by atoms with van der Waals surface area (Å²) in [5.41, 5.74) is 0.467. The number of hydrogen-bond donors (Lipinski definition) is 1. The maximum atomic E-state index is 12.3. The van der Waals surface area contributed by atoms with Gasteiger partial charge in [-0.3, -0.25) is 9.59 Å². The van der Waals surface area contributed by atoms with Crippen LogP contribution in [0.25, 0.3) is 0 Å². The van der Waals surface area contributed by atoms with Gasteiger partial charge in [-0.2, -0.15) is 4.98 Å². The average molecular weight is 333 g/mol. The quantitative estimate of drug-likeness (QED) is 0.786. The van der Waals surface area contributed by atoms with Crippen LogP contribution in [0.2, 0.25) is 0 Å². The van der Waals surface area contributed by atoms with Crippen LogP contribution in [0.5, 0.6) is 5.75 Å². The highest BCUT2D eigenvalue weighted by atomic mass is 16.5. The summed E-state index contributed by atoms with van der Waals surface area (Å²) in [7, 11) is 1.64. The molecule has 0 saturated carbocycles. The molecule has 0 radical (unpaired) electrons. The molecule has 1 heterocycles. The summed E-state index contributed by atoms with van der Waals surface area (Å²) in [6.07, 6.45) is 0.440. The molecule has 1 amide bonds. The summed E-state index contributed by atoms with van der Waals surface area (Å²) in [5, 5.41) is 12.4. The van der Waals surface area contributed by atoms with Gasteiger partial charge >= 0.3 is 5.97 Å². The van der Waals surface area contributed by atoms with E-state index in [2.05, 4.69) is 10.1 Å². The number of carbonyl (C=O) groups is 2. The molecule has 2 aromatic rings. The topological polar surface area (TPSA) is 106 Å². The van der Waals surface area contributed by atoms with Crippen LogP contribution in [0.4, 0.5) is 0 Å². The van der Waals surface area contributed by atoms with Gasteiger partial charge in [0.1, 0.15) is 5.75 Å². The molecule has 0 atom stereocenters. The maximum absolute atomic E-state index is 12.3. The van der Waals surface area contributed by atoms with Crippen LogP contribution >= 0.6 is 0 Å². The van der Waals surface area contributed by atoms with Crippen LogP contribution in [-0.4, -0.2) is 45.6 Å². The van der Waals surface area contributed by atoms with Crippen molar-refractivity contribution in [3.8, 4) is 5.75 Å². The highest BCUT2D eigenvalue weighted by molar-refractivity contribution is 5.94. The first kappa shape index (κ1) is 17.5. The minimum atomic E-state index is -0.872. The first-order valence-electron chi connectivity index (χ1n) is 7.45. The summed E-state index contributed by atoms with van der Waals surface area (Å²) >= 11 is 0. The van der Waals surface area contributed by atoms with Gasteiger partial charge in [0, 0.05) is 32.5 Å². The molecule has 24 heavy (non-hydrogen) atoms. The van der Waals surface area contributed by atoms with Gasteiger partial charge in [-0.05, 0) is 24.6 Å². The normalized spacial score (nSPS) is 10.4. The van der Waals surface area contributed by atoms with Crippen molar-refractivity contribution in [3.05, 3.63) is 41.5 Å². The van der Waals surface area contributed by atoms with Crippen molar-refractivity contribution in [3.63, 3.8) is 0 Å². The zero-order valence-electron chi connectivity index (χ0n) is 13.6. The van der Waals surface area contributed by atoms with Gasteiger partial charge in [0.15, 0.2) is 6.61 Å². The van der Waals surface area contributed by atoms with Gasteiger partial charge in [-0.1, -0.05) is 11.2 Å². The summed E-state index contributed by atoms with van der Waals surface area (Å²) in [6.45, 7) is 2.21. The van der Waals surface area contributed by atoms with Crippen LogP contribution in [0.1, 0.15) is 34.9 Å². The van der Waals surface area contributed by atoms with E-state index in [-0.39, 0.29) is 18.9 Å². The van der Waals surface area contributed by atoms with Gasteiger partial charge in [0.25, 0.3) is 5.91 Å². The fraction of sp³-hybridized carbons (Fsp3) is 0.375. The van der Waals surface area contributed by atoms with Crippen LogP contribution < -0.4 is 4.74 Å². The van der Waals surface area contributed by atoms with E-state index >= 15 is 0 Å². The fourth-order valence-corrected chi connectivity index (χ4v) is 2.06. The number of benzene rings is 1. The highest BCUT2D eigenvalue weighted by Crippen LogP contribution is 2.16. The minimum Gasteiger partial charge on any atom is -0.485 e. The molecule has 128 valence electrons. The number of carboxylic acids is 1. The molecule has 0 aliphatic heterocycles. The summed E-state index contributed by atoms with van der Waals surface area (Å²) < 4.78 is 10.4. The van der Waals surface area contributed by atoms with E-state index in [0.29, 0.717) is 36.0 Å². The monoisotopic (exact) mass is 333 g/mol. The molecule has 1 aromatic carbocycles. The Kier molecular flexibility index (Phi) is 5.89. The van der Waals surface area contributed by atoms with Crippen molar-refractivity contribution >= 4 is 11.9 Å². The molecule has 2 rings (SSSR count). The van der Waals surface area contributed by atoms with Gasteiger partial charge in [-0.15, -0.1) is 0 Å². The van der Waals surface area contributed by atoms with E-state index in [1.54, 1.807) is 38.2 Å². The number of nitrogens with zero attached hydrogens (tertiary/aromatic N) is 3. The van der Waals surface area contributed by atoms with E-state index in [4.69, 9.17) is 14.4 Å². The Morgan fingerprint density at radius 2 is 2.17 bits per heavy atom. The predicted molar refractivity (Wildman–Crippen MR) is 83.6 cm³/mol. The molecule has 0 aliphatic carbocycles. The van der Waals surface area contributed by atoms with E-state index < -0.39 is 5.97 Å². The third kappa shape index (κ3) is 5.08. The lowest BCUT2D eigenvalue weighted by atomic mass is 10.2. The van der Waals surface area contributed by atoms with Crippen molar-refractivity contribution < 1.29 is 24.0 Å². The molecule has 0 aliphatic rings. The molecule has 1 aromatic heterocycles. The zero-order chi connectivity index (χ0) is 17.5. The number of carbonyl (C=O) groups excluding carboxylic acids is 1. The van der Waals surface area contributed by atoms with E-state index in [9.17, 15) is 9.59 Å². The Morgan fingerprint density at radius 1 is 1.38 bits per heavy atom. The lowest BCUT2D eigenvalue weighted by molar-refractivity contribution is -0.137. The number of aromatic nitrogens is 2. The van der Waals surface area contributed by atoms with Crippen molar-refractivity contribution in [1.29, 1.82) is 0 Å². The van der Waals surface area contributed by atoms with Crippen molar-refractivity contribution in [1.82, 2.24) is 15.0 Å². The smallest absolute Gasteiger partial charge is 0.303 e. The Hall–Kier alpha value is -2.90. The van der Waals surface area contributed by atoms with Gasteiger partial charge in [-0.25, -0.2) is 0 Å². The van der Waals surface area contributed by atoms with Crippen LogP contribution in [-0.2, 0) is 11.4 Å². The second-order valence-electron chi connectivity index (χ2n) is 5.27. The third-order valence-electron chi connectivity index (χ3n) is 3.25. The Balaban J connectivity index is 1.93. The summed E-state index contributed by atoms with van der Waals surface area (Å²) in [5.74, 6) is 0.335. The molecule has 0 fully saturated rings. The number of carboxylic acid groups (broad SMARTS) is 1. The largest absolute Gasteiger partial charge is 0.485 e. The SMILES string of the molecule is Cc1nc(COc2cccc(C(=O)N(C)CCCC(=O)O)c2)no1. The highest BCUT2D eigenvalue weighted by Gasteiger charge is 2.13. The predicted octanol–water partition coefficient (Wildman–Crippen LogP) is 1.89. The Morgan fingerprint density at radius 3 is 2.83 bits per heavy atom. The Bertz CT molecular complexity index is 713. The maximum Gasteiger partial charge on any atom is 0.303 e. The first-order valence-corrected chi connectivity index (χ1v) is 7.45. The molecule has 8 nitrogen and oxygen atoms in total. The lowest BCUT2D eigenvalue weighted by Gasteiger charge is -2.17. The molecule has 0 saturated heterocycles. The van der Waals surface area contributed by atoms with Gasteiger partial charge in [0.2, 0.25) is 11.7 Å². The molecular weight excluding hydrogens is 314 g/mol. The van der Waals surface area contributed by atoms with Crippen molar-refractivity contribution in [2.75, 3.05) is 13.6 Å². The summed E-state index contributed by atoms with van der Waals surface area (Å²) in [6, 6.07) is 6.76. The molecule has 8 heteroatoms. The third-order valence-corrected chi connectivity index (χ3v) is 3.25. The Labute approximate surface area is 139 Å². The number of aliphatic carboxylic acids is 1. The fourth-order valence-electron chi connectivity index (χ4n) is 2.06. The molecule has 0 bridgehead atoms. The minimum absolute atomic E-state index is 0.0326. The molecule has 1 N–H and O–H groups in total.